The Balaban J connectivity index is 2.01. The number of halogens is 1. The molecule has 3 aromatic rings. The Labute approximate surface area is 174 Å². The number of hydrogen-bond acceptors (Lipinski definition) is 4. The predicted octanol–water partition coefficient (Wildman–Crippen LogP) is 4.60. The molecule has 0 amide bonds. The normalized spacial score (nSPS) is 14.8. The van der Waals surface area contributed by atoms with Crippen LogP contribution in [0.15, 0.2) is 53.8 Å². The third-order valence-electron chi connectivity index (χ3n) is 4.80. The van der Waals surface area contributed by atoms with Crippen molar-refractivity contribution in [1.82, 2.24) is 9.55 Å². The second-order valence-electron chi connectivity index (χ2n) is 6.58. The van der Waals surface area contributed by atoms with Gasteiger partial charge in [-0.2, -0.15) is 0 Å². The van der Waals surface area contributed by atoms with Gasteiger partial charge in [0, 0.05) is 21.7 Å². The topological polar surface area (TPSA) is 56.5 Å². The largest absolute Gasteiger partial charge is 0.461 e. The number of hydrogen-bond donors (Lipinski definition) is 0. The lowest BCUT2D eigenvalue weighted by atomic mass is 9.98. The SMILES string of the molecule is C#Cc1ccc2c(c1)C(c1ccccc1Cl)=N[C@@H](C)c1c(C(=O)OCC)ncn1-2. The molecule has 0 radical (unpaired) electrons. The molecule has 144 valence electrons. The maximum absolute atomic E-state index is 12.5. The summed E-state index contributed by atoms with van der Waals surface area (Å²) in [6.45, 7) is 3.96. The van der Waals surface area contributed by atoms with Crippen LogP contribution in [-0.4, -0.2) is 27.8 Å². The molecular formula is C23H18ClN3O2. The van der Waals surface area contributed by atoms with E-state index in [0.29, 0.717) is 16.4 Å². The number of fused-ring (bicyclic) bond motifs is 3. The van der Waals surface area contributed by atoms with E-state index in [1.807, 2.05) is 54.0 Å². The lowest BCUT2D eigenvalue weighted by Gasteiger charge is -2.13. The monoisotopic (exact) mass is 403 g/mol. The fraction of sp³-hybridized carbons (Fsp3) is 0.174. The molecule has 1 aromatic heterocycles. The van der Waals surface area contributed by atoms with Crippen molar-refractivity contribution in [1.29, 1.82) is 0 Å². The standard InChI is InChI=1S/C23H18ClN3O2/c1-4-15-10-11-19-17(12-15)20(16-8-6-7-9-18(16)24)26-14(3)22-21(23(28)29-5-2)25-13-27(19)22/h1,6-14H,5H2,2-3H3/t14-/m0/s1. The van der Waals surface area contributed by atoms with Gasteiger partial charge in [0.05, 0.1) is 29.7 Å². The molecule has 0 unspecified atom stereocenters. The van der Waals surface area contributed by atoms with Crippen molar-refractivity contribution in [3.05, 3.63) is 81.9 Å². The molecule has 5 nitrogen and oxygen atoms in total. The maximum Gasteiger partial charge on any atom is 0.358 e. The van der Waals surface area contributed by atoms with Gasteiger partial charge in [0.2, 0.25) is 0 Å². The van der Waals surface area contributed by atoms with Gasteiger partial charge in [0.25, 0.3) is 0 Å². The van der Waals surface area contributed by atoms with E-state index in [-0.39, 0.29) is 18.3 Å². The molecule has 0 saturated heterocycles. The number of nitrogens with zero attached hydrogens (tertiary/aromatic N) is 3. The first kappa shape index (κ1) is 19.0. The minimum atomic E-state index is -0.466. The zero-order valence-corrected chi connectivity index (χ0v) is 16.8. The van der Waals surface area contributed by atoms with E-state index in [2.05, 4.69) is 10.9 Å². The van der Waals surface area contributed by atoms with Crippen LogP contribution in [0, 0.1) is 12.3 Å². The van der Waals surface area contributed by atoms with Gasteiger partial charge in [-0.1, -0.05) is 35.7 Å². The second kappa shape index (κ2) is 7.57. The van der Waals surface area contributed by atoms with E-state index in [4.69, 9.17) is 27.8 Å². The Kier molecular flexibility index (Phi) is 4.96. The van der Waals surface area contributed by atoms with Crippen LogP contribution < -0.4 is 0 Å². The molecule has 2 heterocycles. The number of imidazole rings is 1. The summed E-state index contributed by atoms with van der Waals surface area (Å²) < 4.78 is 7.06. The minimum absolute atomic E-state index is 0.260. The molecule has 1 aliphatic heterocycles. The summed E-state index contributed by atoms with van der Waals surface area (Å²) in [5.74, 6) is 2.21. The summed E-state index contributed by atoms with van der Waals surface area (Å²) in [7, 11) is 0. The number of aliphatic imine (C=N–C) groups is 1. The molecule has 0 aliphatic carbocycles. The quantitative estimate of drug-likeness (QED) is 0.474. The number of carbonyl (C=O) groups excluding carboxylic acids is 1. The van der Waals surface area contributed by atoms with Crippen molar-refractivity contribution >= 4 is 23.3 Å². The van der Waals surface area contributed by atoms with Crippen molar-refractivity contribution < 1.29 is 9.53 Å². The molecule has 1 atom stereocenters. The average molecular weight is 404 g/mol. The number of carbonyl (C=O) groups is 1. The van der Waals surface area contributed by atoms with Gasteiger partial charge in [-0.05, 0) is 38.1 Å². The third kappa shape index (κ3) is 3.22. The summed E-state index contributed by atoms with van der Waals surface area (Å²) in [5.41, 5.74) is 4.82. The first-order valence-electron chi connectivity index (χ1n) is 9.23. The molecule has 4 rings (SSSR count). The van der Waals surface area contributed by atoms with Gasteiger partial charge in [0.15, 0.2) is 5.69 Å². The van der Waals surface area contributed by atoms with Gasteiger partial charge in [-0.15, -0.1) is 6.42 Å². The lowest BCUT2D eigenvalue weighted by Crippen LogP contribution is -2.11. The molecule has 29 heavy (non-hydrogen) atoms. The molecule has 2 aromatic carbocycles. The van der Waals surface area contributed by atoms with Crippen LogP contribution in [0.1, 0.15) is 52.8 Å². The van der Waals surface area contributed by atoms with Crippen molar-refractivity contribution in [2.24, 2.45) is 4.99 Å². The smallest absolute Gasteiger partial charge is 0.358 e. The number of ether oxygens (including phenoxy) is 1. The van der Waals surface area contributed by atoms with E-state index in [1.165, 1.54) is 0 Å². The fourth-order valence-corrected chi connectivity index (χ4v) is 3.75. The Morgan fingerprint density at radius 3 is 2.79 bits per heavy atom. The van der Waals surface area contributed by atoms with Crippen LogP contribution >= 0.6 is 11.6 Å². The highest BCUT2D eigenvalue weighted by Crippen LogP contribution is 2.34. The van der Waals surface area contributed by atoms with Crippen molar-refractivity contribution in [3.63, 3.8) is 0 Å². The molecular weight excluding hydrogens is 386 g/mol. The Morgan fingerprint density at radius 1 is 1.28 bits per heavy atom. The van der Waals surface area contributed by atoms with E-state index < -0.39 is 5.97 Å². The van der Waals surface area contributed by atoms with Crippen LogP contribution in [0.2, 0.25) is 5.02 Å². The molecule has 0 bridgehead atoms. The highest BCUT2D eigenvalue weighted by Gasteiger charge is 2.29. The van der Waals surface area contributed by atoms with Gasteiger partial charge >= 0.3 is 5.97 Å². The van der Waals surface area contributed by atoms with Gasteiger partial charge in [-0.25, -0.2) is 9.78 Å². The lowest BCUT2D eigenvalue weighted by molar-refractivity contribution is 0.0518. The maximum atomic E-state index is 12.5. The minimum Gasteiger partial charge on any atom is -0.461 e. The Hall–Kier alpha value is -3.36. The van der Waals surface area contributed by atoms with Crippen LogP contribution in [0.5, 0.6) is 0 Å². The predicted molar refractivity (Wildman–Crippen MR) is 113 cm³/mol. The first-order chi connectivity index (χ1) is 14.0. The first-order valence-corrected chi connectivity index (χ1v) is 9.61. The van der Waals surface area contributed by atoms with Crippen LogP contribution in [-0.2, 0) is 4.74 Å². The average Bonchev–Trinajstić information content (AvgIpc) is 3.13. The molecule has 6 heteroatoms. The van der Waals surface area contributed by atoms with Gasteiger partial charge in [0.1, 0.15) is 6.33 Å². The number of esters is 1. The summed E-state index contributed by atoms with van der Waals surface area (Å²) in [6, 6.07) is 12.8. The van der Waals surface area contributed by atoms with Crippen molar-refractivity contribution in [3.8, 4) is 18.0 Å². The van der Waals surface area contributed by atoms with E-state index in [9.17, 15) is 4.79 Å². The summed E-state index contributed by atoms with van der Waals surface area (Å²) in [4.78, 5) is 21.7. The van der Waals surface area contributed by atoms with Crippen LogP contribution in [0.4, 0.5) is 0 Å². The van der Waals surface area contributed by atoms with E-state index in [0.717, 1.165) is 22.4 Å². The highest BCUT2D eigenvalue weighted by molar-refractivity contribution is 6.35. The number of terminal acetylenes is 1. The van der Waals surface area contributed by atoms with Crippen molar-refractivity contribution in [2.45, 2.75) is 19.9 Å². The molecule has 0 saturated carbocycles. The number of aromatic nitrogens is 2. The second-order valence-corrected chi connectivity index (χ2v) is 6.99. The van der Waals surface area contributed by atoms with E-state index >= 15 is 0 Å². The zero-order chi connectivity index (χ0) is 20.5. The number of rotatable bonds is 3. The van der Waals surface area contributed by atoms with Crippen LogP contribution in [0.25, 0.3) is 5.69 Å². The molecule has 0 fully saturated rings. The Bertz CT molecular complexity index is 1190. The van der Waals surface area contributed by atoms with Crippen molar-refractivity contribution in [2.75, 3.05) is 6.61 Å². The molecule has 1 aliphatic rings. The van der Waals surface area contributed by atoms with Gasteiger partial charge < -0.3 is 4.74 Å². The summed E-state index contributed by atoms with van der Waals surface area (Å²) >= 11 is 6.49. The number of benzene rings is 2. The fourth-order valence-electron chi connectivity index (χ4n) is 3.52. The highest BCUT2D eigenvalue weighted by atomic mass is 35.5. The Morgan fingerprint density at radius 2 is 2.07 bits per heavy atom. The summed E-state index contributed by atoms with van der Waals surface area (Å²) in [6.07, 6.45) is 7.26. The van der Waals surface area contributed by atoms with E-state index in [1.54, 1.807) is 13.3 Å². The summed E-state index contributed by atoms with van der Waals surface area (Å²) in [5, 5.41) is 0.589. The third-order valence-corrected chi connectivity index (χ3v) is 5.13. The van der Waals surface area contributed by atoms with Crippen LogP contribution in [0.3, 0.4) is 0 Å². The van der Waals surface area contributed by atoms with Gasteiger partial charge in [-0.3, -0.25) is 9.56 Å². The molecule has 0 spiro atoms. The zero-order valence-electron chi connectivity index (χ0n) is 16.0. The molecule has 0 N–H and O–H groups in total.